The van der Waals surface area contributed by atoms with Gasteiger partial charge in [-0.25, -0.2) is 0 Å². The molecule has 124 valence electrons. The average molecular weight is 326 g/mol. The van der Waals surface area contributed by atoms with E-state index in [1.807, 2.05) is 19.1 Å². The number of hydrogen-bond acceptors (Lipinski definition) is 6. The second-order valence-corrected chi connectivity index (χ2v) is 6.06. The lowest BCUT2D eigenvalue weighted by Gasteiger charge is -2.17. The van der Waals surface area contributed by atoms with Gasteiger partial charge in [-0.1, -0.05) is 0 Å². The van der Waals surface area contributed by atoms with Crippen LogP contribution in [0.3, 0.4) is 0 Å². The molecule has 0 aliphatic carbocycles. The summed E-state index contributed by atoms with van der Waals surface area (Å²) in [7, 11) is 0. The van der Waals surface area contributed by atoms with Gasteiger partial charge in [-0.2, -0.15) is 4.52 Å². The van der Waals surface area contributed by atoms with Crippen molar-refractivity contribution in [1.82, 2.24) is 25.1 Å². The van der Waals surface area contributed by atoms with Crippen molar-refractivity contribution in [3.63, 3.8) is 0 Å². The topological polar surface area (TPSA) is 88.6 Å². The molecule has 0 unspecified atom stereocenters. The van der Waals surface area contributed by atoms with Crippen LogP contribution in [0.15, 0.2) is 28.9 Å². The van der Waals surface area contributed by atoms with Crippen molar-refractivity contribution in [1.29, 1.82) is 0 Å². The highest BCUT2D eigenvalue weighted by atomic mass is 16.3. The minimum atomic E-state index is -0.0848. The number of amides is 1. The highest BCUT2D eigenvalue weighted by molar-refractivity contribution is 5.95. The summed E-state index contributed by atoms with van der Waals surface area (Å²) in [6.07, 6.45) is 2.46. The molecule has 1 N–H and O–H groups in total. The number of furan rings is 1. The molecule has 1 aliphatic heterocycles. The fourth-order valence-corrected chi connectivity index (χ4v) is 3.09. The summed E-state index contributed by atoms with van der Waals surface area (Å²) in [6.45, 7) is 5.21. The first-order valence-corrected chi connectivity index (χ1v) is 7.90. The summed E-state index contributed by atoms with van der Waals surface area (Å²) in [5.41, 5.74) is 1.32. The highest BCUT2D eigenvalue weighted by Gasteiger charge is 2.26. The van der Waals surface area contributed by atoms with Crippen LogP contribution in [0.2, 0.25) is 0 Å². The number of fused-ring (bicyclic) bond motifs is 1. The Morgan fingerprint density at radius 2 is 2.25 bits per heavy atom. The fourth-order valence-electron chi connectivity index (χ4n) is 3.09. The predicted octanol–water partition coefficient (Wildman–Crippen LogP) is 1.34. The summed E-state index contributed by atoms with van der Waals surface area (Å²) >= 11 is 0. The Morgan fingerprint density at radius 1 is 1.38 bits per heavy atom. The van der Waals surface area contributed by atoms with E-state index in [2.05, 4.69) is 25.5 Å². The third kappa shape index (κ3) is 2.60. The zero-order valence-electron chi connectivity index (χ0n) is 13.6. The molecule has 8 heteroatoms. The largest absolute Gasteiger partial charge is 0.466 e. The molecular formula is C16H18N6O2. The number of hydrogen-bond donors (Lipinski definition) is 1. The number of aromatic nitrogens is 4. The maximum Gasteiger partial charge on any atom is 0.255 e. The van der Waals surface area contributed by atoms with Crippen molar-refractivity contribution in [2.75, 3.05) is 18.0 Å². The third-order valence-corrected chi connectivity index (χ3v) is 4.28. The van der Waals surface area contributed by atoms with Crippen LogP contribution in [0.25, 0.3) is 5.65 Å². The Kier molecular flexibility index (Phi) is 3.44. The van der Waals surface area contributed by atoms with Gasteiger partial charge in [-0.05, 0) is 38.5 Å². The van der Waals surface area contributed by atoms with Crippen LogP contribution in [0.5, 0.6) is 0 Å². The van der Waals surface area contributed by atoms with E-state index in [9.17, 15) is 4.79 Å². The molecule has 1 amide bonds. The van der Waals surface area contributed by atoms with E-state index in [-0.39, 0.29) is 11.9 Å². The van der Waals surface area contributed by atoms with Gasteiger partial charge in [0, 0.05) is 19.1 Å². The van der Waals surface area contributed by atoms with Crippen LogP contribution in [-0.4, -0.2) is 44.8 Å². The molecule has 24 heavy (non-hydrogen) atoms. The Labute approximate surface area is 138 Å². The second-order valence-electron chi connectivity index (χ2n) is 6.06. The monoisotopic (exact) mass is 326 g/mol. The number of nitrogens with one attached hydrogen (secondary N) is 1. The van der Waals surface area contributed by atoms with E-state index in [0.717, 1.165) is 31.1 Å². The first-order valence-electron chi connectivity index (χ1n) is 7.90. The lowest BCUT2D eigenvalue weighted by Crippen LogP contribution is -2.37. The Balaban J connectivity index is 1.44. The summed E-state index contributed by atoms with van der Waals surface area (Å²) in [4.78, 5) is 14.5. The molecule has 3 aromatic heterocycles. The highest BCUT2D eigenvalue weighted by Crippen LogP contribution is 2.19. The minimum absolute atomic E-state index is 0.0848. The van der Waals surface area contributed by atoms with Gasteiger partial charge in [-0.15, -0.1) is 15.3 Å². The van der Waals surface area contributed by atoms with E-state index in [1.54, 1.807) is 23.8 Å². The molecule has 1 fully saturated rings. The normalized spacial score (nSPS) is 17.6. The first kappa shape index (κ1) is 14.7. The quantitative estimate of drug-likeness (QED) is 0.781. The SMILES string of the molecule is Cc1cc(C(=O)N[C@@H]2CCN(c3ccc4nncn4n3)C2)c(C)o1. The van der Waals surface area contributed by atoms with Crippen molar-refractivity contribution < 1.29 is 9.21 Å². The van der Waals surface area contributed by atoms with E-state index >= 15 is 0 Å². The van der Waals surface area contributed by atoms with Gasteiger partial charge in [-0.3, -0.25) is 4.79 Å². The second kappa shape index (κ2) is 5.63. The molecule has 1 saturated heterocycles. The van der Waals surface area contributed by atoms with Gasteiger partial charge in [0.25, 0.3) is 5.91 Å². The number of aryl methyl sites for hydroxylation is 2. The summed E-state index contributed by atoms with van der Waals surface area (Å²) in [5.74, 6) is 2.17. The molecule has 1 aliphatic rings. The molecule has 3 aromatic rings. The molecule has 0 saturated carbocycles. The molecule has 8 nitrogen and oxygen atoms in total. The van der Waals surface area contributed by atoms with Crippen LogP contribution in [0.4, 0.5) is 5.82 Å². The maximum absolute atomic E-state index is 12.4. The molecule has 0 spiro atoms. The molecule has 0 radical (unpaired) electrons. The zero-order chi connectivity index (χ0) is 16.7. The summed E-state index contributed by atoms with van der Waals surface area (Å²) in [6, 6.07) is 5.68. The van der Waals surface area contributed by atoms with Crippen LogP contribution in [0.1, 0.15) is 28.3 Å². The van der Waals surface area contributed by atoms with E-state index < -0.39 is 0 Å². The number of carbonyl (C=O) groups excluding carboxylic acids is 1. The van der Waals surface area contributed by atoms with E-state index in [0.29, 0.717) is 17.0 Å². The third-order valence-electron chi connectivity index (χ3n) is 4.28. The van der Waals surface area contributed by atoms with Gasteiger partial charge in [0.1, 0.15) is 23.7 Å². The number of nitrogens with zero attached hydrogens (tertiary/aromatic N) is 5. The fraction of sp³-hybridized carbons (Fsp3) is 0.375. The Hall–Kier alpha value is -2.90. The zero-order valence-corrected chi connectivity index (χ0v) is 13.6. The smallest absolute Gasteiger partial charge is 0.255 e. The lowest BCUT2D eigenvalue weighted by atomic mass is 10.2. The van der Waals surface area contributed by atoms with E-state index in [4.69, 9.17) is 4.42 Å². The van der Waals surface area contributed by atoms with Crippen molar-refractivity contribution in [3.05, 3.63) is 41.6 Å². The van der Waals surface area contributed by atoms with Gasteiger partial charge >= 0.3 is 0 Å². The van der Waals surface area contributed by atoms with Gasteiger partial charge in [0.05, 0.1) is 5.56 Å². The molecule has 4 heterocycles. The lowest BCUT2D eigenvalue weighted by molar-refractivity contribution is 0.0939. The first-order chi connectivity index (χ1) is 11.6. The van der Waals surface area contributed by atoms with Gasteiger partial charge in [0.15, 0.2) is 5.65 Å². The molecule has 1 atom stereocenters. The Bertz CT molecular complexity index is 899. The van der Waals surface area contributed by atoms with Crippen molar-refractivity contribution in [2.45, 2.75) is 26.3 Å². The van der Waals surface area contributed by atoms with Gasteiger partial charge < -0.3 is 14.6 Å². The summed E-state index contributed by atoms with van der Waals surface area (Å²) in [5, 5.41) is 15.4. The summed E-state index contributed by atoms with van der Waals surface area (Å²) < 4.78 is 7.08. The van der Waals surface area contributed by atoms with Crippen LogP contribution in [-0.2, 0) is 0 Å². The number of anilines is 1. The standard InChI is InChI=1S/C16H18N6O2/c1-10-7-13(11(2)24-10)16(23)18-12-5-6-21(8-12)15-4-3-14-19-17-9-22(14)20-15/h3-4,7,9,12H,5-6,8H2,1-2H3,(H,18,23)/t12-/m1/s1. The predicted molar refractivity (Wildman–Crippen MR) is 87.0 cm³/mol. The van der Waals surface area contributed by atoms with Gasteiger partial charge in [0.2, 0.25) is 0 Å². The van der Waals surface area contributed by atoms with Crippen LogP contribution < -0.4 is 10.2 Å². The minimum Gasteiger partial charge on any atom is -0.466 e. The number of carbonyl (C=O) groups is 1. The van der Waals surface area contributed by atoms with Crippen LogP contribution in [0, 0.1) is 13.8 Å². The molecule has 4 rings (SSSR count). The molecule has 0 bridgehead atoms. The van der Waals surface area contributed by atoms with Crippen LogP contribution >= 0.6 is 0 Å². The molecular weight excluding hydrogens is 308 g/mol. The average Bonchev–Trinajstić information content (AvgIpc) is 3.26. The number of rotatable bonds is 3. The maximum atomic E-state index is 12.4. The molecule has 0 aromatic carbocycles. The van der Waals surface area contributed by atoms with Crippen molar-refractivity contribution in [3.8, 4) is 0 Å². The van der Waals surface area contributed by atoms with Crippen molar-refractivity contribution in [2.24, 2.45) is 0 Å². The van der Waals surface area contributed by atoms with Crippen molar-refractivity contribution >= 4 is 17.4 Å². The van der Waals surface area contributed by atoms with E-state index in [1.165, 1.54) is 0 Å². The Morgan fingerprint density at radius 3 is 3.04 bits per heavy atom.